The average Bonchev–Trinajstić information content (AvgIpc) is 2.59. The molecule has 1 fully saturated rings. The van der Waals surface area contributed by atoms with E-state index in [9.17, 15) is 14.0 Å². The lowest BCUT2D eigenvalue weighted by atomic mass is 10.0. The molecule has 1 aromatic rings. The first-order chi connectivity index (χ1) is 11.5. The number of halogens is 1. The zero-order chi connectivity index (χ0) is 17.1. The van der Waals surface area contributed by atoms with Crippen LogP contribution in [0.2, 0.25) is 0 Å². The summed E-state index contributed by atoms with van der Waals surface area (Å²) in [4.78, 5) is 27.1. The standard InChI is InChI=1S/C17H21FN2O4/c18-13-2-4-14-12(11-13)1-3-15(24-14)17(23)20-9-7-19(8-10-20)6-5-16(21)22/h2,4,11,15H,1,3,5-10H2,(H,21,22). The number of piperazine rings is 1. The molecule has 130 valence electrons. The van der Waals surface area contributed by atoms with Gasteiger partial charge in [0.25, 0.3) is 5.91 Å². The molecule has 2 aliphatic rings. The monoisotopic (exact) mass is 336 g/mol. The zero-order valence-electron chi connectivity index (χ0n) is 13.4. The van der Waals surface area contributed by atoms with Crippen molar-refractivity contribution in [2.24, 2.45) is 0 Å². The molecule has 1 N–H and O–H groups in total. The van der Waals surface area contributed by atoms with E-state index in [4.69, 9.17) is 9.84 Å². The highest BCUT2D eigenvalue weighted by Crippen LogP contribution is 2.29. The summed E-state index contributed by atoms with van der Waals surface area (Å²) in [6.07, 6.45) is 0.775. The summed E-state index contributed by atoms with van der Waals surface area (Å²) in [6.45, 7) is 3.01. The molecule has 0 spiro atoms. The molecule has 1 unspecified atom stereocenters. The Labute approximate surface area is 139 Å². The van der Waals surface area contributed by atoms with Crippen LogP contribution in [0.1, 0.15) is 18.4 Å². The lowest BCUT2D eigenvalue weighted by molar-refractivity contribution is -0.142. The van der Waals surface area contributed by atoms with Gasteiger partial charge in [0, 0.05) is 32.7 Å². The number of amides is 1. The molecule has 1 aromatic carbocycles. The van der Waals surface area contributed by atoms with E-state index in [-0.39, 0.29) is 18.1 Å². The van der Waals surface area contributed by atoms with Crippen molar-refractivity contribution in [3.63, 3.8) is 0 Å². The number of hydrogen-bond donors (Lipinski definition) is 1. The first kappa shape index (κ1) is 16.7. The molecule has 0 saturated carbocycles. The number of hydrogen-bond acceptors (Lipinski definition) is 4. The number of ether oxygens (including phenoxy) is 1. The van der Waals surface area contributed by atoms with Crippen LogP contribution >= 0.6 is 0 Å². The molecule has 1 amide bonds. The molecular weight excluding hydrogens is 315 g/mol. The van der Waals surface area contributed by atoms with Crippen LogP contribution in [0, 0.1) is 5.82 Å². The number of nitrogens with zero attached hydrogens (tertiary/aromatic N) is 2. The van der Waals surface area contributed by atoms with Gasteiger partial charge in [-0.1, -0.05) is 0 Å². The number of carboxylic acid groups (broad SMARTS) is 1. The fraction of sp³-hybridized carbons (Fsp3) is 0.529. The van der Waals surface area contributed by atoms with E-state index in [1.807, 2.05) is 0 Å². The van der Waals surface area contributed by atoms with Gasteiger partial charge in [0.2, 0.25) is 0 Å². The van der Waals surface area contributed by atoms with Crippen molar-refractivity contribution in [3.05, 3.63) is 29.6 Å². The van der Waals surface area contributed by atoms with Crippen molar-refractivity contribution in [2.75, 3.05) is 32.7 Å². The van der Waals surface area contributed by atoms with Crippen LogP contribution in [0.4, 0.5) is 4.39 Å². The van der Waals surface area contributed by atoms with E-state index in [1.165, 1.54) is 12.1 Å². The molecule has 0 aliphatic carbocycles. The summed E-state index contributed by atoms with van der Waals surface area (Å²) < 4.78 is 19.0. The van der Waals surface area contributed by atoms with Crippen LogP contribution in [-0.2, 0) is 16.0 Å². The Hall–Kier alpha value is -2.15. The number of aliphatic carboxylic acids is 1. The Kier molecular flexibility index (Phi) is 4.99. The molecule has 6 nitrogen and oxygen atoms in total. The van der Waals surface area contributed by atoms with Crippen molar-refractivity contribution >= 4 is 11.9 Å². The fourth-order valence-electron chi connectivity index (χ4n) is 3.18. The Morgan fingerprint density at radius 2 is 2.00 bits per heavy atom. The predicted molar refractivity (Wildman–Crippen MR) is 84.4 cm³/mol. The molecule has 2 aliphatic heterocycles. The molecule has 7 heteroatoms. The second-order valence-corrected chi connectivity index (χ2v) is 6.21. The van der Waals surface area contributed by atoms with Crippen LogP contribution in [0.15, 0.2) is 18.2 Å². The van der Waals surface area contributed by atoms with Crippen molar-refractivity contribution in [3.8, 4) is 5.75 Å². The van der Waals surface area contributed by atoms with Gasteiger partial charge in [-0.15, -0.1) is 0 Å². The number of carboxylic acids is 1. The van der Waals surface area contributed by atoms with Crippen LogP contribution in [0.3, 0.4) is 0 Å². The van der Waals surface area contributed by atoms with E-state index in [1.54, 1.807) is 11.0 Å². The number of fused-ring (bicyclic) bond motifs is 1. The van der Waals surface area contributed by atoms with Gasteiger partial charge in [0.1, 0.15) is 11.6 Å². The Morgan fingerprint density at radius 1 is 1.25 bits per heavy atom. The van der Waals surface area contributed by atoms with E-state index >= 15 is 0 Å². The molecule has 1 saturated heterocycles. The van der Waals surface area contributed by atoms with E-state index in [0.717, 1.165) is 5.56 Å². The molecule has 0 aromatic heterocycles. The first-order valence-corrected chi connectivity index (χ1v) is 8.21. The molecule has 2 heterocycles. The van der Waals surface area contributed by atoms with E-state index in [2.05, 4.69) is 4.90 Å². The summed E-state index contributed by atoms with van der Waals surface area (Å²) >= 11 is 0. The SMILES string of the molecule is O=C(O)CCN1CCN(C(=O)C2CCc3cc(F)ccc3O2)CC1. The van der Waals surface area contributed by atoms with Gasteiger partial charge in [0.05, 0.1) is 6.42 Å². The highest BCUT2D eigenvalue weighted by atomic mass is 19.1. The smallest absolute Gasteiger partial charge is 0.304 e. The first-order valence-electron chi connectivity index (χ1n) is 8.21. The van der Waals surface area contributed by atoms with Crippen molar-refractivity contribution in [1.29, 1.82) is 0 Å². The molecule has 24 heavy (non-hydrogen) atoms. The minimum atomic E-state index is -0.806. The van der Waals surface area contributed by atoms with E-state index in [0.29, 0.717) is 51.3 Å². The molecule has 0 radical (unpaired) electrons. The molecular formula is C17H21FN2O4. The highest BCUT2D eigenvalue weighted by molar-refractivity contribution is 5.81. The lowest BCUT2D eigenvalue weighted by Gasteiger charge is -2.37. The summed E-state index contributed by atoms with van der Waals surface area (Å²) in [6, 6.07) is 4.37. The topological polar surface area (TPSA) is 70.1 Å². The van der Waals surface area contributed by atoms with Gasteiger partial charge in [0.15, 0.2) is 6.10 Å². The minimum Gasteiger partial charge on any atom is -0.481 e. The molecule has 3 rings (SSSR count). The normalized spacial score (nSPS) is 21.0. The maximum atomic E-state index is 13.2. The van der Waals surface area contributed by atoms with Crippen molar-refractivity contribution in [1.82, 2.24) is 9.80 Å². The largest absolute Gasteiger partial charge is 0.481 e. The quantitative estimate of drug-likeness (QED) is 0.893. The van der Waals surface area contributed by atoms with Gasteiger partial charge in [-0.25, -0.2) is 4.39 Å². The fourth-order valence-corrected chi connectivity index (χ4v) is 3.18. The minimum absolute atomic E-state index is 0.0390. The number of carbonyl (C=O) groups is 2. The number of carbonyl (C=O) groups excluding carboxylic acids is 1. The average molecular weight is 336 g/mol. The number of aryl methyl sites for hydroxylation is 1. The highest BCUT2D eigenvalue weighted by Gasteiger charge is 2.31. The van der Waals surface area contributed by atoms with Gasteiger partial charge in [-0.3, -0.25) is 14.5 Å². The Bertz CT molecular complexity index is 629. The van der Waals surface area contributed by atoms with Gasteiger partial charge in [-0.05, 0) is 36.6 Å². The number of benzene rings is 1. The summed E-state index contributed by atoms with van der Waals surface area (Å²) in [5.41, 5.74) is 0.803. The lowest BCUT2D eigenvalue weighted by Crippen LogP contribution is -2.53. The second kappa shape index (κ2) is 7.17. The second-order valence-electron chi connectivity index (χ2n) is 6.21. The maximum absolute atomic E-state index is 13.2. The Morgan fingerprint density at radius 3 is 2.71 bits per heavy atom. The summed E-state index contributed by atoms with van der Waals surface area (Å²) in [5, 5.41) is 8.72. The molecule has 0 bridgehead atoms. The van der Waals surface area contributed by atoms with Gasteiger partial charge < -0.3 is 14.7 Å². The summed E-state index contributed by atoms with van der Waals surface area (Å²) in [7, 11) is 0. The predicted octanol–water partition coefficient (Wildman–Crippen LogP) is 1.14. The van der Waals surface area contributed by atoms with Crippen molar-refractivity contribution < 1.29 is 23.8 Å². The van der Waals surface area contributed by atoms with Crippen LogP contribution in [0.25, 0.3) is 0 Å². The van der Waals surface area contributed by atoms with Crippen LogP contribution in [0.5, 0.6) is 5.75 Å². The Balaban J connectivity index is 1.53. The van der Waals surface area contributed by atoms with Crippen LogP contribution in [-0.4, -0.2) is 65.6 Å². The van der Waals surface area contributed by atoms with Crippen molar-refractivity contribution in [2.45, 2.75) is 25.4 Å². The third-order valence-electron chi connectivity index (χ3n) is 4.57. The van der Waals surface area contributed by atoms with E-state index < -0.39 is 12.1 Å². The van der Waals surface area contributed by atoms with Gasteiger partial charge in [-0.2, -0.15) is 0 Å². The third-order valence-corrected chi connectivity index (χ3v) is 4.57. The maximum Gasteiger partial charge on any atom is 0.304 e. The van der Waals surface area contributed by atoms with Crippen LogP contribution < -0.4 is 4.74 Å². The number of rotatable bonds is 4. The third kappa shape index (κ3) is 3.84. The van der Waals surface area contributed by atoms with Gasteiger partial charge >= 0.3 is 5.97 Å². The zero-order valence-corrected chi connectivity index (χ0v) is 13.4. The summed E-state index contributed by atoms with van der Waals surface area (Å²) in [5.74, 6) is -0.553. The molecule has 1 atom stereocenters.